The largest absolute Gasteiger partial charge is 0.338 e. The molecule has 3 aromatic rings. The number of fused-ring (bicyclic) bond motifs is 1. The summed E-state index contributed by atoms with van der Waals surface area (Å²) in [6.07, 6.45) is 1.12. The summed E-state index contributed by atoms with van der Waals surface area (Å²) in [5.41, 5.74) is 1.21. The number of halogens is 2. The molecular weight excluding hydrogens is 315 g/mol. The lowest BCUT2D eigenvalue weighted by molar-refractivity contribution is 0.602. The number of aromatic nitrogens is 2. The Labute approximate surface area is 125 Å². The molecule has 0 atom stereocenters. The fourth-order valence-electron chi connectivity index (χ4n) is 2.06. The molecule has 108 valence electrons. The number of hydrogen-bond acceptors (Lipinski definition) is 3. The summed E-state index contributed by atoms with van der Waals surface area (Å²) in [4.78, 5) is 7.33. The highest BCUT2D eigenvalue weighted by Gasteiger charge is 2.15. The number of H-pyrrole nitrogens is 1. The van der Waals surface area contributed by atoms with Crippen LogP contribution < -0.4 is 0 Å². The van der Waals surface area contributed by atoms with E-state index in [2.05, 4.69) is 9.97 Å². The van der Waals surface area contributed by atoms with Crippen molar-refractivity contribution in [1.82, 2.24) is 9.97 Å². The first kappa shape index (κ1) is 14.0. The van der Waals surface area contributed by atoms with Crippen LogP contribution in [-0.4, -0.2) is 24.6 Å². The number of benzene rings is 2. The van der Waals surface area contributed by atoms with E-state index in [9.17, 15) is 12.8 Å². The average Bonchev–Trinajstić information content (AvgIpc) is 2.79. The minimum Gasteiger partial charge on any atom is -0.338 e. The lowest BCUT2D eigenvalue weighted by atomic mass is 10.2. The van der Waals surface area contributed by atoms with E-state index in [1.807, 2.05) is 0 Å². The van der Waals surface area contributed by atoms with Gasteiger partial charge in [0.25, 0.3) is 0 Å². The second-order valence-corrected chi connectivity index (χ2v) is 7.06. The molecule has 2 aromatic carbocycles. The second kappa shape index (κ2) is 4.82. The zero-order valence-electron chi connectivity index (χ0n) is 10.9. The Bertz CT molecular complexity index is 931. The molecule has 0 unspecified atom stereocenters. The first-order chi connectivity index (χ1) is 9.86. The van der Waals surface area contributed by atoms with Gasteiger partial charge in [-0.05, 0) is 30.3 Å². The van der Waals surface area contributed by atoms with Gasteiger partial charge in [-0.15, -0.1) is 0 Å². The zero-order valence-corrected chi connectivity index (χ0v) is 12.5. The van der Waals surface area contributed by atoms with E-state index in [1.165, 1.54) is 24.3 Å². The molecule has 0 aliphatic rings. The first-order valence-electron chi connectivity index (χ1n) is 6.00. The van der Waals surface area contributed by atoms with Gasteiger partial charge in [0.05, 0.1) is 26.5 Å². The van der Waals surface area contributed by atoms with Crippen molar-refractivity contribution < 1.29 is 12.8 Å². The van der Waals surface area contributed by atoms with Crippen LogP contribution in [-0.2, 0) is 9.84 Å². The number of sulfone groups is 1. The molecule has 0 amide bonds. The predicted octanol–water partition coefficient (Wildman–Crippen LogP) is 3.43. The monoisotopic (exact) mass is 324 g/mol. The van der Waals surface area contributed by atoms with Crippen LogP contribution in [0.4, 0.5) is 4.39 Å². The van der Waals surface area contributed by atoms with Crippen LogP contribution in [0.3, 0.4) is 0 Å². The molecular formula is C14H10ClFN2O2S. The lowest BCUT2D eigenvalue weighted by Crippen LogP contribution is -1.96. The van der Waals surface area contributed by atoms with E-state index in [1.54, 1.807) is 12.1 Å². The van der Waals surface area contributed by atoms with Gasteiger partial charge in [0.2, 0.25) is 0 Å². The van der Waals surface area contributed by atoms with Crippen molar-refractivity contribution >= 4 is 32.5 Å². The maximum atomic E-state index is 13.9. The Morgan fingerprint density at radius 2 is 2.00 bits per heavy atom. The van der Waals surface area contributed by atoms with Crippen molar-refractivity contribution in [2.24, 2.45) is 0 Å². The number of rotatable bonds is 2. The maximum Gasteiger partial charge on any atom is 0.175 e. The van der Waals surface area contributed by atoms with Gasteiger partial charge in [-0.1, -0.05) is 17.7 Å². The van der Waals surface area contributed by atoms with Crippen LogP contribution in [0.1, 0.15) is 0 Å². The van der Waals surface area contributed by atoms with Crippen molar-refractivity contribution in [1.29, 1.82) is 0 Å². The fraction of sp³-hybridized carbons (Fsp3) is 0.0714. The Hall–Kier alpha value is -1.92. The van der Waals surface area contributed by atoms with Crippen LogP contribution in [0.5, 0.6) is 0 Å². The topological polar surface area (TPSA) is 62.8 Å². The van der Waals surface area contributed by atoms with Gasteiger partial charge in [0, 0.05) is 6.26 Å². The second-order valence-electron chi connectivity index (χ2n) is 4.63. The molecule has 0 saturated carbocycles. The van der Waals surface area contributed by atoms with E-state index < -0.39 is 15.7 Å². The number of aromatic amines is 1. The molecule has 0 bridgehead atoms. The Morgan fingerprint density at radius 1 is 1.24 bits per heavy atom. The summed E-state index contributed by atoms with van der Waals surface area (Å²) >= 11 is 6.00. The lowest BCUT2D eigenvalue weighted by Gasteiger charge is -2.01. The number of imidazole rings is 1. The van der Waals surface area contributed by atoms with E-state index in [4.69, 9.17) is 11.6 Å². The normalized spacial score (nSPS) is 12.0. The number of nitrogens with zero attached hydrogens (tertiary/aromatic N) is 1. The SMILES string of the molecule is CS(=O)(=O)c1ccc2nc(-c3c(F)cccc3Cl)[nH]c2c1. The summed E-state index contributed by atoms with van der Waals surface area (Å²) in [6.45, 7) is 0. The van der Waals surface area contributed by atoms with Crippen LogP contribution >= 0.6 is 11.6 Å². The molecule has 7 heteroatoms. The molecule has 3 rings (SSSR count). The molecule has 1 N–H and O–H groups in total. The molecule has 0 aliphatic carbocycles. The summed E-state index contributed by atoms with van der Waals surface area (Å²) in [6, 6.07) is 8.86. The first-order valence-corrected chi connectivity index (χ1v) is 8.27. The predicted molar refractivity (Wildman–Crippen MR) is 79.6 cm³/mol. The smallest absolute Gasteiger partial charge is 0.175 e. The summed E-state index contributed by atoms with van der Waals surface area (Å²) in [7, 11) is -3.31. The van der Waals surface area contributed by atoms with Crippen molar-refractivity contribution in [2.45, 2.75) is 4.90 Å². The fourth-order valence-corrected chi connectivity index (χ4v) is 2.96. The van der Waals surface area contributed by atoms with Crippen LogP contribution in [0.2, 0.25) is 5.02 Å². The van der Waals surface area contributed by atoms with Crippen LogP contribution in [0.25, 0.3) is 22.4 Å². The molecule has 0 radical (unpaired) electrons. The van der Waals surface area contributed by atoms with Gasteiger partial charge >= 0.3 is 0 Å². The highest BCUT2D eigenvalue weighted by atomic mass is 35.5. The van der Waals surface area contributed by atoms with Gasteiger partial charge in [-0.2, -0.15) is 0 Å². The molecule has 1 heterocycles. The minimum absolute atomic E-state index is 0.163. The van der Waals surface area contributed by atoms with Crippen LogP contribution in [0, 0.1) is 5.82 Å². The molecule has 21 heavy (non-hydrogen) atoms. The van der Waals surface area contributed by atoms with Gasteiger partial charge in [-0.3, -0.25) is 0 Å². The number of hydrogen-bond donors (Lipinski definition) is 1. The third-order valence-corrected chi connectivity index (χ3v) is 4.51. The maximum absolute atomic E-state index is 13.9. The molecule has 0 spiro atoms. The molecule has 0 saturated heterocycles. The molecule has 0 aliphatic heterocycles. The van der Waals surface area contributed by atoms with E-state index in [-0.39, 0.29) is 21.3 Å². The van der Waals surface area contributed by atoms with Crippen molar-refractivity contribution in [3.05, 3.63) is 47.2 Å². The van der Waals surface area contributed by atoms with Crippen LogP contribution in [0.15, 0.2) is 41.3 Å². The molecule has 4 nitrogen and oxygen atoms in total. The summed E-state index contributed by atoms with van der Waals surface area (Å²) in [5, 5.41) is 0.234. The molecule has 0 fully saturated rings. The Morgan fingerprint density at radius 3 is 2.67 bits per heavy atom. The average molecular weight is 325 g/mol. The summed E-state index contributed by atoms with van der Waals surface area (Å²) in [5.74, 6) is -0.233. The minimum atomic E-state index is -3.31. The number of nitrogens with one attached hydrogen (secondary N) is 1. The highest BCUT2D eigenvalue weighted by molar-refractivity contribution is 7.90. The standard InChI is InChI=1S/C14H10ClFN2O2S/c1-21(19,20)8-5-6-11-12(7-8)18-14(17-11)13-9(15)3-2-4-10(13)16/h2-7H,1H3,(H,17,18). The van der Waals surface area contributed by atoms with Crippen molar-refractivity contribution in [3.63, 3.8) is 0 Å². The van der Waals surface area contributed by atoms with E-state index in [0.717, 1.165) is 6.26 Å². The van der Waals surface area contributed by atoms with Gasteiger partial charge < -0.3 is 4.98 Å². The van der Waals surface area contributed by atoms with Crippen molar-refractivity contribution in [3.8, 4) is 11.4 Å². The van der Waals surface area contributed by atoms with E-state index in [0.29, 0.717) is 11.0 Å². The third kappa shape index (κ3) is 2.52. The van der Waals surface area contributed by atoms with Crippen molar-refractivity contribution in [2.75, 3.05) is 6.26 Å². The molecule has 1 aromatic heterocycles. The van der Waals surface area contributed by atoms with E-state index >= 15 is 0 Å². The Kier molecular flexibility index (Phi) is 3.22. The summed E-state index contributed by atoms with van der Waals surface area (Å²) < 4.78 is 37.0. The zero-order chi connectivity index (χ0) is 15.2. The Balaban J connectivity index is 2.23. The quantitative estimate of drug-likeness (QED) is 0.785. The third-order valence-electron chi connectivity index (χ3n) is 3.08. The van der Waals surface area contributed by atoms with Gasteiger partial charge in [0.1, 0.15) is 11.6 Å². The van der Waals surface area contributed by atoms with Gasteiger partial charge in [-0.25, -0.2) is 17.8 Å². The van der Waals surface area contributed by atoms with Gasteiger partial charge in [0.15, 0.2) is 9.84 Å². The highest BCUT2D eigenvalue weighted by Crippen LogP contribution is 2.30.